The predicted octanol–water partition coefficient (Wildman–Crippen LogP) is 5.17. The number of aryl methyl sites for hydroxylation is 4. The summed E-state index contributed by atoms with van der Waals surface area (Å²) in [6.07, 6.45) is 2.62. The van der Waals surface area contributed by atoms with Crippen LogP contribution in [0.5, 0.6) is 5.75 Å². The molecule has 1 aromatic heterocycles. The molecule has 0 aliphatic carbocycles. The molecule has 0 saturated heterocycles. The van der Waals surface area contributed by atoms with E-state index in [9.17, 15) is 4.79 Å². The Morgan fingerprint density at radius 2 is 1.65 bits per heavy atom. The topological polar surface area (TPSA) is 51.2 Å². The van der Waals surface area contributed by atoms with Crippen molar-refractivity contribution in [1.82, 2.24) is 4.98 Å². The number of benzene rings is 1. The Morgan fingerprint density at radius 1 is 1.04 bits per heavy atom. The first-order valence-corrected chi connectivity index (χ1v) is 9.47. The Hall–Kier alpha value is -2.36. The van der Waals surface area contributed by atoms with Crippen molar-refractivity contribution in [2.75, 3.05) is 11.9 Å². The number of carbonyl (C=O) groups excluding carboxylic acids is 1. The highest BCUT2D eigenvalue weighted by molar-refractivity contribution is 6.08. The largest absolute Gasteiger partial charge is 0.492 e. The molecular weight excluding hydrogens is 324 g/mol. The van der Waals surface area contributed by atoms with Crippen LogP contribution in [0.4, 0.5) is 5.69 Å². The van der Waals surface area contributed by atoms with Gasteiger partial charge < -0.3 is 10.1 Å². The van der Waals surface area contributed by atoms with Gasteiger partial charge in [0.15, 0.2) is 0 Å². The lowest BCUT2D eigenvalue weighted by molar-refractivity contribution is 0.102. The van der Waals surface area contributed by atoms with E-state index in [2.05, 4.69) is 43.2 Å². The van der Waals surface area contributed by atoms with Crippen LogP contribution in [0.15, 0.2) is 18.2 Å². The summed E-state index contributed by atoms with van der Waals surface area (Å²) in [5.74, 6) is 0.501. The number of nitrogens with zero attached hydrogens (tertiary/aromatic N) is 1. The van der Waals surface area contributed by atoms with E-state index in [-0.39, 0.29) is 5.91 Å². The van der Waals surface area contributed by atoms with Crippen molar-refractivity contribution in [3.05, 3.63) is 51.8 Å². The number of hydrogen-bond donors (Lipinski definition) is 1. The molecule has 0 aliphatic rings. The quantitative estimate of drug-likeness (QED) is 0.746. The van der Waals surface area contributed by atoms with Gasteiger partial charge in [0.05, 0.1) is 12.3 Å². The second-order valence-corrected chi connectivity index (χ2v) is 6.57. The Bertz CT molecular complexity index is 775. The van der Waals surface area contributed by atoms with Crippen LogP contribution in [0.25, 0.3) is 0 Å². The molecule has 2 aromatic rings. The zero-order chi connectivity index (χ0) is 19.3. The normalized spacial score (nSPS) is 10.7. The minimum Gasteiger partial charge on any atom is -0.492 e. The Morgan fingerprint density at radius 3 is 2.19 bits per heavy atom. The molecule has 4 heteroatoms. The van der Waals surface area contributed by atoms with Gasteiger partial charge in [-0.1, -0.05) is 39.0 Å². The van der Waals surface area contributed by atoms with Crippen LogP contribution in [0, 0.1) is 20.8 Å². The maximum Gasteiger partial charge on any atom is 0.261 e. The molecule has 0 unspecified atom stereocenters. The van der Waals surface area contributed by atoms with Crippen LogP contribution in [-0.4, -0.2) is 17.5 Å². The maximum absolute atomic E-state index is 13.2. The average Bonchev–Trinajstić information content (AvgIpc) is 2.63. The number of carbonyl (C=O) groups is 1. The van der Waals surface area contributed by atoms with Crippen LogP contribution in [-0.2, 0) is 12.8 Å². The van der Waals surface area contributed by atoms with Crippen molar-refractivity contribution in [2.24, 2.45) is 0 Å². The van der Waals surface area contributed by atoms with Gasteiger partial charge in [-0.25, -0.2) is 0 Å². The molecule has 0 saturated carbocycles. The summed E-state index contributed by atoms with van der Waals surface area (Å²) in [6.45, 7) is 12.6. The molecule has 0 spiro atoms. The van der Waals surface area contributed by atoms with E-state index >= 15 is 0 Å². The summed E-state index contributed by atoms with van der Waals surface area (Å²) in [5.41, 5.74) is 6.26. The van der Waals surface area contributed by atoms with Gasteiger partial charge in [-0.05, 0) is 51.2 Å². The molecule has 1 heterocycles. The molecular formula is C22H30N2O2. The lowest BCUT2D eigenvalue weighted by Crippen LogP contribution is -2.19. The van der Waals surface area contributed by atoms with Crippen molar-refractivity contribution in [3.8, 4) is 5.75 Å². The van der Waals surface area contributed by atoms with Crippen LogP contribution in [0.1, 0.15) is 65.6 Å². The summed E-state index contributed by atoms with van der Waals surface area (Å²) in [6, 6.07) is 6.18. The smallest absolute Gasteiger partial charge is 0.261 e. The molecule has 0 radical (unpaired) electrons. The minimum absolute atomic E-state index is 0.153. The number of anilines is 1. The molecule has 0 fully saturated rings. The van der Waals surface area contributed by atoms with Crippen molar-refractivity contribution in [1.29, 1.82) is 0 Å². The zero-order valence-corrected chi connectivity index (χ0v) is 16.8. The number of rotatable bonds is 7. The number of nitrogens with one attached hydrogen (secondary N) is 1. The molecule has 1 N–H and O–H groups in total. The molecule has 26 heavy (non-hydrogen) atoms. The van der Waals surface area contributed by atoms with Gasteiger partial charge in [0.25, 0.3) is 5.91 Å². The fourth-order valence-corrected chi connectivity index (χ4v) is 3.14. The third-order valence-electron chi connectivity index (χ3n) is 4.72. The lowest BCUT2D eigenvalue weighted by Gasteiger charge is -2.19. The third-order valence-corrected chi connectivity index (χ3v) is 4.72. The number of ether oxygens (including phenoxy) is 1. The number of hydrogen-bond acceptors (Lipinski definition) is 3. The second kappa shape index (κ2) is 8.84. The fourth-order valence-electron chi connectivity index (χ4n) is 3.14. The Kier molecular flexibility index (Phi) is 6.78. The summed E-state index contributed by atoms with van der Waals surface area (Å²) in [4.78, 5) is 17.7. The van der Waals surface area contributed by atoms with Gasteiger partial charge in [-0.2, -0.15) is 0 Å². The van der Waals surface area contributed by atoms with Gasteiger partial charge in [0.1, 0.15) is 11.3 Å². The molecule has 140 valence electrons. The lowest BCUT2D eigenvalue weighted by atomic mass is 10.0. The van der Waals surface area contributed by atoms with Crippen molar-refractivity contribution < 1.29 is 9.53 Å². The first-order chi connectivity index (χ1) is 12.4. The summed E-state index contributed by atoms with van der Waals surface area (Å²) in [5, 5.41) is 3.14. The molecule has 1 aromatic carbocycles. The van der Waals surface area contributed by atoms with Crippen molar-refractivity contribution in [2.45, 2.75) is 60.8 Å². The molecule has 0 atom stereocenters. The molecule has 4 nitrogen and oxygen atoms in total. The van der Waals surface area contributed by atoms with Gasteiger partial charge >= 0.3 is 0 Å². The van der Waals surface area contributed by atoms with Gasteiger partial charge in [0, 0.05) is 16.9 Å². The standard InChI is InChI=1S/C22H30N2O2/c1-7-13-26-21-14(4)15(5)23-16(6)19(21)22(25)24-20-17(8-2)11-10-12-18(20)9-3/h10-12H,7-9,13H2,1-6H3,(H,24,25). The summed E-state index contributed by atoms with van der Waals surface area (Å²) >= 11 is 0. The highest BCUT2D eigenvalue weighted by Crippen LogP contribution is 2.30. The van der Waals surface area contributed by atoms with Crippen molar-refractivity contribution >= 4 is 11.6 Å². The summed E-state index contributed by atoms with van der Waals surface area (Å²) < 4.78 is 5.95. The second-order valence-electron chi connectivity index (χ2n) is 6.57. The highest BCUT2D eigenvalue weighted by atomic mass is 16.5. The van der Waals surface area contributed by atoms with E-state index in [0.717, 1.165) is 47.3 Å². The number of pyridine rings is 1. The average molecular weight is 354 g/mol. The zero-order valence-electron chi connectivity index (χ0n) is 16.8. The predicted molar refractivity (Wildman–Crippen MR) is 107 cm³/mol. The number of para-hydroxylation sites is 1. The molecule has 2 rings (SSSR count). The highest BCUT2D eigenvalue weighted by Gasteiger charge is 2.22. The van der Waals surface area contributed by atoms with Gasteiger partial charge in [0.2, 0.25) is 0 Å². The van der Waals surface area contributed by atoms with Crippen LogP contribution in [0.3, 0.4) is 0 Å². The molecule has 0 bridgehead atoms. The van der Waals surface area contributed by atoms with E-state index in [1.54, 1.807) is 0 Å². The Balaban J connectivity index is 2.50. The fraction of sp³-hybridized carbons (Fsp3) is 0.455. The molecule has 1 amide bonds. The number of amides is 1. The van der Waals surface area contributed by atoms with Crippen LogP contribution in [0.2, 0.25) is 0 Å². The van der Waals surface area contributed by atoms with Crippen molar-refractivity contribution in [3.63, 3.8) is 0 Å². The van der Waals surface area contributed by atoms with E-state index in [0.29, 0.717) is 23.6 Å². The maximum atomic E-state index is 13.2. The first-order valence-electron chi connectivity index (χ1n) is 9.47. The molecule has 0 aliphatic heterocycles. The minimum atomic E-state index is -0.153. The third kappa shape index (κ3) is 4.06. The number of aromatic nitrogens is 1. The summed E-state index contributed by atoms with van der Waals surface area (Å²) in [7, 11) is 0. The van der Waals surface area contributed by atoms with Crippen LogP contribution >= 0.6 is 0 Å². The van der Waals surface area contributed by atoms with E-state index in [4.69, 9.17) is 4.74 Å². The van der Waals surface area contributed by atoms with E-state index in [1.165, 1.54) is 0 Å². The Labute approximate surface area is 157 Å². The van der Waals surface area contributed by atoms with E-state index in [1.807, 2.05) is 26.8 Å². The first kappa shape index (κ1) is 20.0. The van der Waals surface area contributed by atoms with Gasteiger partial charge in [-0.3, -0.25) is 9.78 Å². The SMILES string of the molecule is CCCOc1c(C)c(C)nc(C)c1C(=O)Nc1c(CC)cccc1CC. The van der Waals surface area contributed by atoms with Crippen LogP contribution < -0.4 is 10.1 Å². The van der Waals surface area contributed by atoms with Gasteiger partial charge in [-0.15, -0.1) is 0 Å². The monoisotopic (exact) mass is 354 g/mol. The van der Waals surface area contributed by atoms with E-state index < -0.39 is 0 Å².